The Bertz CT molecular complexity index is 1080. The maximum atomic E-state index is 12.5. The van der Waals surface area contributed by atoms with Crippen LogP contribution in [0.5, 0.6) is 0 Å². The fourth-order valence-corrected chi connectivity index (χ4v) is 4.30. The Morgan fingerprint density at radius 3 is 2.57 bits per heavy atom. The second-order valence-electron chi connectivity index (χ2n) is 8.54. The van der Waals surface area contributed by atoms with E-state index in [0.717, 1.165) is 52.9 Å². The number of carbonyl (C=O) groups is 1. The molecule has 5 heteroatoms. The highest BCUT2D eigenvalue weighted by atomic mass is 16.3. The molecule has 5 nitrogen and oxygen atoms in total. The van der Waals surface area contributed by atoms with Gasteiger partial charge < -0.3 is 15.4 Å². The molecule has 158 valence electrons. The van der Waals surface area contributed by atoms with E-state index >= 15 is 0 Å². The lowest BCUT2D eigenvalue weighted by Crippen LogP contribution is -2.21. The summed E-state index contributed by atoms with van der Waals surface area (Å²) in [6.45, 7) is 11.9. The Morgan fingerprint density at radius 1 is 1.10 bits per heavy atom. The number of nitrogens with one attached hydrogen (secondary N) is 2. The lowest BCUT2D eigenvalue weighted by molar-refractivity contribution is 0.0966. The summed E-state index contributed by atoms with van der Waals surface area (Å²) in [7, 11) is 0. The van der Waals surface area contributed by atoms with Crippen LogP contribution in [0, 0.1) is 5.92 Å². The highest BCUT2D eigenvalue weighted by Gasteiger charge is 2.27. The summed E-state index contributed by atoms with van der Waals surface area (Å²) in [6.07, 6.45) is -0.560. The van der Waals surface area contributed by atoms with Crippen molar-refractivity contribution >= 4 is 16.8 Å². The summed E-state index contributed by atoms with van der Waals surface area (Å²) in [5.74, 6) is 0.0535. The molecule has 3 N–H and O–H groups in total. The maximum absolute atomic E-state index is 12.5. The number of hydrogen-bond acceptors (Lipinski definition) is 3. The van der Waals surface area contributed by atoms with E-state index in [0.29, 0.717) is 12.1 Å². The van der Waals surface area contributed by atoms with Gasteiger partial charge in [-0.3, -0.25) is 9.69 Å². The molecule has 0 radical (unpaired) electrons. The summed E-state index contributed by atoms with van der Waals surface area (Å²) in [5.41, 5.74) is 6.63. The molecule has 0 saturated carbocycles. The van der Waals surface area contributed by atoms with Gasteiger partial charge in [0, 0.05) is 35.2 Å². The number of carbonyl (C=O) groups excluding carboxylic acids is 1. The van der Waals surface area contributed by atoms with Crippen LogP contribution in [0.1, 0.15) is 60.8 Å². The van der Waals surface area contributed by atoms with Crippen molar-refractivity contribution in [2.24, 2.45) is 5.92 Å². The number of amides is 1. The van der Waals surface area contributed by atoms with E-state index in [1.165, 1.54) is 5.56 Å². The number of H-pyrrole nitrogens is 1. The van der Waals surface area contributed by atoms with Gasteiger partial charge in [-0.15, -0.1) is 0 Å². The molecular weight excluding hydrogens is 374 g/mol. The van der Waals surface area contributed by atoms with Gasteiger partial charge in [-0.25, -0.2) is 0 Å². The predicted octanol–water partition coefficient (Wildman–Crippen LogP) is 4.61. The van der Waals surface area contributed by atoms with Crippen molar-refractivity contribution in [1.82, 2.24) is 15.2 Å². The first-order valence-electron chi connectivity index (χ1n) is 10.9. The van der Waals surface area contributed by atoms with Gasteiger partial charge in [0.15, 0.2) is 0 Å². The fraction of sp³-hybridized carbons (Fsp3) is 0.400. The van der Waals surface area contributed by atoms with E-state index in [2.05, 4.69) is 53.3 Å². The van der Waals surface area contributed by atoms with Crippen LogP contribution in [-0.2, 0) is 13.1 Å². The third-order valence-corrected chi connectivity index (χ3v) is 6.16. The minimum Gasteiger partial charge on any atom is -0.388 e. The van der Waals surface area contributed by atoms with E-state index in [9.17, 15) is 9.90 Å². The van der Waals surface area contributed by atoms with Gasteiger partial charge in [0.1, 0.15) is 0 Å². The average molecular weight is 406 g/mol. The standard InChI is InChI=1S/C25H31N3O2/c1-5-28(6-2)14-16-7-8-21-17(9-16)12-22(27-21)20-11-18(24(29)15(3)4)10-19-13-26-25(30)23(19)20/h7-12,15,24,27,29H,5-6,13-14H2,1-4H3,(H,26,30)/t24-/m0/s1. The first kappa shape index (κ1) is 20.6. The zero-order valence-electron chi connectivity index (χ0n) is 18.2. The zero-order chi connectivity index (χ0) is 21.4. The van der Waals surface area contributed by atoms with Crippen molar-refractivity contribution in [3.63, 3.8) is 0 Å². The van der Waals surface area contributed by atoms with Crippen molar-refractivity contribution in [2.45, 2.75) is 46.9 Å². The van der Waals surface area contributed by atoms with Gasteiger partial charge >= 0.3 is 0 Å². The van der Waals surface area contributed by atoms with Crippen molar-refractivity contribution in [2.75, 3.05) is 13.1 Å². The van der Waals surface area contributed by atoms with Crippen LogP contribution in [0.25, 0.3) is 22.2 Å². The van der Waals surface area contributed by atoms with Gasteiger partial charge in [-0.1, -0.05) is 39.8 Å². The monoisotopic (exact) mass is 405 g/mol. The second kappa shape index (κ2) is 8.25. The molecule has 0 unspecified atom stereocenters. The van der Waals surface area contributed by atoms with Crippen LogP contribution in [-0.4, -0.2) is 34.0 Å². The number of benzene rings is 2. The summed E-state index contributed by atoms with van der Waals surface area (Å²) < 4.78 is 0. The quantitative estimate of drug-likeness (QED) is 0.538. The molecule has 2 heterocycles. The van der Waals surface area contributed by atoms with E-state index < -0.39 is 6.10 Å². The number of hydrogen-bond donors (Lipinski definition) is 3. The molecule has 1 aliphatic heterocycles. The maximum Gasteiger partial charge on any atom is 0.252 e. The van der Waals surface area contributed by atoms with Gasteiger partial charge in [0.05, 0.1) is 11.7 Å². The lowest BCUT2D eigenvalue weighted by Gasteiger charge is -2.17. The van der Waals surface area contributed by atoms with E-state index in [4.69, 9.17) is 0 Å². The van der Waals surface area contributed by atoms with Gasteiger partial charge in [-0.2, -0.15) is 0 Å². The molecule has 2 aromatic carbocycles. The van der Waals surface area contributed by atoms with Crippen LogP contribution in [0.4, 0.5) is 0 Å². The number of rotatable bonds is 7. The predicted molar refractivity (Wildman–Crippen MR) is 121 cm³/mol. The van der Waals surface area contributed by atoms with Crippen molar-refractivity contribution in [1.29, 1.82) is 0 Å². The van der Waals surface area contributed by atoms with Gasteiger partial charge in [0.25, 0.3) is 5.91 Å². The van der Waals surface area contributed by atoms with Crippen molar-refractivity contribution in [3.05, 3.63) is 58.7 Å². The van der Waals surface area contributed by atoms with Crippen LogP contribution in [0.15, 0.2) is 36.4 Å². The fourth-order valence-electron chi connectivity index (χ4n) is 4.30. The average Bonchev–Trinajstić information content (AvgIpc) is 3.34. The first-order valence-corrected chi connectivity index (χ1v) is 10.9. The topological polar surface area (TPSA) is 68.4 Å². The highest BCUT2D eigenvalue weighted by Crippen LogP contribution is 2.35. The van der Waals surface area contributed by atoms with Crippen LogP contribution < -0.4 is 5.32 Å². The normalized spacial score (nSPS) is 14.6. The Balaban J connectivity index is 1.78. The Kier molecular flexibility index (Phi) is 5.67. The molecule has 30 heavy (non-hydrogen) atoms. The van der Waals surface area contributed by atoms with Crippen LogP contribution >= 0.6 is 0 Å². The van der Waals surface area contributed by atoms with E-state index in [1.54, 1.807) is 0 Å². The summed E-state index contributed by atoms with van der Waals surface area (Å²) >= 11 is 0. The molecule has 0 saturated heterocycles. The lowest BCUT2D eigenvalue weighted by atomic mass is 9.91. The molecular formula is C25H31N3O2. The van der Waals surface area contributed by atoms with E-state index in [1.807, 2.05) is 26.0 Å². The minimum atomic E-state index is -0.560. The molecule has 1 amide bonds. The second-order valence-corrected chi connectivity index (χ2v) is 8.54. The molecule has 0 aliphatic carbocycles. The SMILES string of the molecule is CCN(CC)Cc1ccc2[nH]c(-c3cc([C@@H](O)C(C)C)cc4c3C(=O)NC4)cc2c1. The number of aliphatic hydroxyl groups excluding tert-OH is 1. The molecule has 1 aliphatic rings. The molecule has 0 spiro atoms. The number of fused-ring (bicyclic) bond motifs is 2. The molecule has 1 atom stereocenters. The Morgan fingerprint density at radius 2 is 1.87 bits per heavy atom. The number of aliphatic hydroxyl groups is 1. The third kappa shape index (κ3) is 3.75. The number of aromatic nitrogens is 1. The zero-order valence-corrected chi connectivity index (χ0v) is 18.2. The molecule has 1 aromatic heterocycles. The minimum absolute atomic E-state index is 0.0496. The first-order chi connectivity index (χ1) is 14.4. The molecule has 4 rings (SSSR count). The summed E-state index contributed by atoms with van der Waals surface area (Å²) in [4.78, 5) is 18.4. The summed E-state index contributed by atoms with van der Waals surface area (Å²) in [5, 5.41) is 14.7. The highest BCUT2D eigenvalue weighted by molar-refractivity contribution is 6.05. The molecule has 3 aromatic rings. The summed E-state index contributed by atoms with van der Waals surface area (Å²) in [6, 6.07) is 12.6. The molecule has 0 bridgehead atoms. The number of aromatic amines is 1. The third-order valence-electron chi connectivity index (χ3n) is 6.16. The Hall–Kier alpha value is -2.63. The molecule has 0 fully saturated rings. The van der Waals surface area contributed by atoms with Crippen LogP contribution in [0.2, 0.25) is 0 Å². The van der Waals surface area contributed by atoms with E-state index in [-0.39, 0.29) is 11.8 Å². The van der Waals surface area contributed by atoms with Crippen molar-refractivity contribution < 1.29 is 9.90 Å². The van der Waals surface area contributed by atoms with Crippen molar-refractivity contribution in [3.8, 4) is 11.3 Å². The number of nitrogens with zero attached hydrogens (tertiary/aromatic N) is 1. The van der Waals surface area contributed by atoms with Gasteiger partial charge in [0.2, 0.25) is 0 Å². The van der Waals surface area contributed by atoms with Gasteiger partial charge in [-0.05, 0) is 60.0 Å². The smallest absolute Gasteiger partial charge is 0.252 e. The largest absolute Gasteiger partial charge is 0.388 e. The van der Waals surface area contributed by atoms with Crippen LogP contribution in [0.3, 0.4) is 0 Å². The Labute approximate surface area is 178 Å².